The minimum Gasteiger partial charge on any atom is -0.462 e. The van der Waals surface area contributed by atoms with Crippen LogP contribution < -0.4 is 0 Å². The largest absolute Gasteiger partial charge is 0.462 e. The van der Waals surface area contributed by atoms with Crippen molar-refractivity contribution in [1.29, 1.82) is 0 Å². The van der Waals surface area contributed by atoms with Crippen molar-refractivity contribution in [2.45, 2.75) is 206 Å². The van der Waals surface area contributed by atoms with Crippen molar-refractivity contribution in [1.82, 2.24) is 4.90 Å². The summed E-state index contributed by atoms with van der Waals surface area (Å²) >= 11 is 0. The molecule has 2 N–H and O–H groups in total. The van der Waals surface area contributed by atoms with Crippen molar-refractivity contribution in [3.63, 3.8) is 0 Å². The lowest BCUT2D eigenvalue weighted by molar-refractivity contribution is -0.198. The third-order valence-corrected chi connectivity index (χ3v) is 9.27. The molecule has 0 saturated carbocycles. The molecule has 2 unspecified atom stereocenters. The zero-order chi connectivity index (χ0) is 34.1. The Morgan fingerprint density at radius 1 is 0.630 bits per heavy atom. The molecule has 0 spiro atoms. The van der Waals surface area contributed by atoms with E-state index in [4.69, 9.17) is 4.74 Å². The third kappa shape index (κ3) is 29.0. The summed E-state index contributed by atoms with van der Waals surface area (Å²) in [6, 6.07) is 0. The van der Waals surface area contributed by atoms with E-state index in [2.05, 4.69) is 43.9 Å². The van der Waals surface area contributed by atoms with Crippen molar-refractivity contribution in [3.8, 4) is 0 Å². The zero-order valence-corrected chi connectivity index (χ0v) is 31.4. The summed E-state index contributed by atoms with van der Waals surface area (Å²) in [4.78, 5) is 14.7. The van der Waals surface area contributed by atoms with Crippen LogP contribution in [-0.4, -0.2) is 53.6 Å². The lowest BCUT2D eigenvalue weighted by atomic mass is 9.86. The molecule has 0 saturated heterocycles. The number of aliphatic hydroxyl groups is 2. The number of carbonyl (C=O) groups is 1. The quantitative estimate of drug-likeness (QED) is 0.0314. The molecular formula is C41H79NO4. The fraction of sp³-hybridized carbons (Fsp3) is 0.878. The first-order valence-corrected chi connectivity index (χ1v) is 19.9. The summed E-state index contributed by atoms with van der Waals surface area (Å²) < 4.78 is 5.97. The first kappa shape index (κ1) is 44.8. The van der Waals surface area contributed by atoms with E-state index < -0.39 is 5.79 Å². The van der Waals surface area contributed by atoms with E-state index in [9.17, 15) is 15.0 Å². The maximum absolute atomic E-state index is 12.5. The summed E-state index contributed by atoms with van der Waals surface area (Å²) in [5, 5.41) is 22.2. The van der Waals surface area contributed by atoms with Gasteiger partial charge in [0.15, 0.2) is 5.79 Å². The highest BCUT2D eigenvalue weighted by atomic mass is 16.5. The van der Waals surface area contributed by atoms with Crippen molar-refractivity contribution in [2.75, 3.05) is 20.6 Å². The van der Waals surface area contributed by atoms with Crippen molar-refractivity contribution in [3.05, 3.63) is 24.3 Å². The molecule has 0 aromatic carbocycles. The van der Waals surface area contributed by atoms with Crippen LogP contribution in [-0.2, 0) is 9.53 Å². The second-order valence-electron chi connectivity index (χ2n) is 14.2. The van der Waals surface area contributed by atoms with Crippen LogP contribution in [0.5, 0.6) is 0 Å². The number of hydrogen-bond acceptors (Lipinski definition) is 5. The molecule has 5 heteroatoms. The van der Waals surface area contributed by atoms with Gasteiger partial charge in [-0.3, -0.25) is 4.79 Å². The maximum Gasteiger partial charge on any atom is 0.306 e. The summed E-state index contributed by atoms with van der Waals surface area (Å²) in [6.45, 7) is 7.62. The van der Waals surface area contributed by atoms with Crippen LogP contribution in [0.15, 0.2) is 24.3 Å². The molecule has 0 aliphatic carbocycles. The van der Waals surface area contributed by atoms with Crippen LogP contribution in [0.25, 0.3) is 0 Å². The van der Waals surface area contributed by atoms with Gasteiger partial charge in [0.2, 0.25) is 0 Å². The molecule has 0 bridgehead atoms. The van der Waals surface area contributed by atoms with Gasteiger partial charge in [0, 0.05) is 18.8 Å². The van der Waals surface area contributed by atoms with E-state index in [1.807, 2.05) is 20.2 Å². The zero-order valence-electron chi connectivity index (χ0n) is 31.4. The van der Waals surface area contributed by atoms with Gasteiger partial charge >= 0.3 is 5.97 Å². The molecule has 0 aliphatic heterocycles. The molecule has 0 fully saturated rings. The number of hydrogen-bond donors (Lipinski definition) is 2. The van der Waals surface area contributed by atoms with Gasteiger partial charge in [-0.25, -0.2) is 0 Å². The first-order chi connectivity index (χ1) is 22.3. The number of esters is 1. The SMILES string of the molecule is CCCCCC/C=C\CC(CCCCCCC(CCCCCCCC)OC(=O)CCCN(C)C)C(O)(O)C/C=C\CCCCCC. The molecule has 5 nitrogen and oxygen atoms in total. The van der Waals surface area contributed by atoms with Gasteiger partial charge in [0.1, 0.15) is 6.10 Å². The Morgan fingerprint density at radius 2 is 1.11 bits per heavy atom. The Hall–Kier alpha value is -1.17. The monoisotopic (exact) mass is 650 g/mol. The van der Waals surface area contributed by atoms with Gasteiger partial charge in [-0.2, -0.15) is 0 Å². The highest BCUT2D eigenvalue weighted by Gasteiger charge is 2.31. The normalized spacial score (nSPS) is 13.7. The summed E-state index contributed by atoms with van der Waals surface area (Å²) in [5.41, 5.74) is 0. The van der Waals surface area contributed by atoms with Crippen molar-refractivity contribution < 1.29 is 19.7 Å². The maximum atomic E-state index is 12.5. The van der Waals surface area contributed by atoms with Gasteiger partial charge in [-0.15, -0.1) is 0 Å². The Bertz CT molecular complexity index is 717. The lowest BCUT2D eigenvalue weighted by Crippen LogP contribution is -2.37. The molecule has 0 amide bonds. The van der Waals surface area contributed by atoms with Gasteiger partial charge in [0.25, 0.3) is 0 Å². The molecule has 0 radical (unpaired) electrons. The highest BCUT2D eigenvalue weighted by Crippen LogP contribution is 2.29. The smallest absolute Gasteiger partial charge is 0.306 e. The average Bonchev–Trinajstić information content (AvgIpc) is 3.01. The van der Waals surface area contributed by atoms with E-state index in [1.165, 1.54) is 83.5 Å². The standard InChI is InChI=1S/C41H79NO4/c1-6-9-12-15-18-20-25-31-38(41(44,45)36-29-24-19-16-13-10-7-2)32-26-22-23-28-34-39(33-27-21-17-14-11-8-3)46-40(43)35-30-37-42(4)5/h20,24-25,29,38-39,44-45H,6-19,21-23,26-28,30-37H2,1-5H3/b25-20-,29-24-. The molecule has 46 heavy (non-hydrogen) atoms. The molecule has 2 atom stereocenters. The van der Waals surface area contributed by atoms with Crippen LogP contribution in [0.2, 0.25) is 0 Å². The number of nitrogens with zero attached hydrogens (tertiary/aromatic N) is 1. The molecule has 0 heterocycles. The van der Waals surface area contributed by atoms with E-state index in [0.717, 1.165) is 83.6 Å². The second-order valence-corrected chi connectivity index (χ2v) is 14.2. The van der Waals surface area contributed by atoms with Crippen LogP contribution in [0.4, 0.5) is 0 Å². The Morgan fingerprint density at radius 3 is 1.65 bits per heavy atom. The van der Waals surface area contributed by atoms with Gasteiger partial charge in [-0.05, 0) is 91.3 Å². The van der Waals surface area contributed by atoms with Gasteiger partial charge < -0.3 is 19.8 Å². The van der Waals surface area contributed by atoms with E-state index in [1.54, 1.807) is 0 Å². The number of carbonyl (C=O) groups excluding carboxylic acids is 1. The van der Waals surface area contributed by atoms with Crippen LogP contribution in [0, 0.1) is 5.92 Å². The lowest BCUT2D eigenvalue weighted by Gasteiger charge is -2.30. The fourth-order valence-electron chi connectivity index (χ4n) is 6.15. The molecule has 0 aromatic heterocycles. The van der Waals surface area contributed by atoms with Gasteiger partial charge in [-0.1, -0.05) is 135 Å². The molecule has 272 valence electrons. The van der Waals surface area contributed by atoms with E-state index >= 15 is 0 Å². The molecule has 0 aromatic rings. The third-order valence-electron chi connectivity index (χ3n) is 9.27. The molecule has 0 rings (SSSR count). The Balaban J connectivity index is 4.82. The fourth-order valence-corrected chi connectivity index (χ4v) is 6.15. The number of unbranched alkanes of at least 4 members (excludes halogenated alkanes) is 16. The Labute approximate surface area is 287 Å². The van der Waals surface area contributed by atoms with Crippen molar-refractivity contribution in [2.24, 2.45) is 5.92 Å². The number of allylic oxidation sites excluding steroid dienone is 3. The number of ether oxygens (including phenoxy) is 1. The highest BCUT2D eigenvalue weighted by molar-refractivity contribution is 5.69. The van der Waals surface area contributed by atoms with Crippen LogP contribution in [0.1, 0.15) is 194 Å². The van der Waals surface area contributed by atoms with Crippen LogP contribution >= 0.6 is 0 Å². The van der Waals surface area contributed by atoms with Crippen molar-refractivity contribution >= 4 is 5.97 Å². The topological polar surface area (TPSA) is 70.0 Å². The summed E-state index contributed by atoms with van der Waals surface area (Å²) in [7, 11) is 4.07. The minimum absolute atomic E-state index is 0.0320. The first-order valence-electron chi connectivity index (χ1n) is 19.9. The summed E-state index contributed by atoms with van der Waals surface area (Å²) in [6.07, 6.45) is 37.4. The van der Waals surface area contributed by atoms with Crippen LogP contribution in [0.3, 0.4) is 0 Å². The molecular weight excluding hydrogens is 570 g/mol. The average molecular weight is 650 g/mol. The molecule has 0 aliphatic rings. The second kappa shape index (κ2) is 32.4. The minimum atomic E-state index is -1.67. The predicted octanol–water partition coefficient (Wildman–Crippen LogP) is 11.5. The van der Waals surface area contributed by atoms with E-state index in [-0.39, 0.29) is 18.0 Å². The number of rotatable bonds is 34. The summed E-state index contributed by atoms with van der Waals surface area (Å²) in [5.74, 6) is -1.88. The predicted molar refractivity (Wildman–Crippen MR) is 199 cm³/mol. The van der Waals surface area contributed by atoms with Gasteiger partial charge in [0.05, 0.1) is 0 Å². The Kier molecular flexibility index (Phi) is 31.6. The van der Waals surface area contributed by atoms with E-state index in [0.29, 0.717) is 12.8 Å².